The second kappa shape index (κ2) is 11.7. The van der Waals surface area contributed by atoms with Crippen LogP contribution in [0.3, 0.4) is 0 Å². The minimum atomic E-state index is -0.260. The molecule has 0 atom stereocenters. The Bertz CT molecular complexity index is 637. The highest BCUT2D eigenvalue weighted by Crippen LogP contribution is 2.29. The van der Waals surface area contributed by atoms with Crippen LogP contribution >= 0.6 is 12.4 Å². The van der Waals surface area contributed by atoms with Gasteiger partial charge < -0.3 is 14.8 Å². The monoisotopic (exact) mass is 367 g/mol. The van der Waals surface area contributed by atoms with E-state index in [2.05, 4.69) is 12.2 Å². The van der Waals surface area contributed by atoms with E-state index in [4.69, 9.17) is 9.47 Å². The molecule has 0 aliphatic carbocycles. The number of methoxy groups -OCH3 is 1. The van der Waals surface area contributed by atoms with Crippen LogP contribution in [0, 0.1) is 5.82 Å². The minimum absolute atomic E-state index is 0. The van der Waals surface area contributed by atoms with E-state index in [1.807, 2.05) is 18.2 Å². The van der Waals surface area contributed by atoms with E-state index < -0.39 is 0 Å². The zero-order valence-corrected chi connectivity index (χ0v) is 15.7. The van der Waals surface area contributed by atoms with Gasteiger partial charge in [-0.15, -0.1) is 12.4 Å². The third-order valence-electron chi connectivity index (χ3n) is 3.86. The summed E-state index contributed by atoms with van der Waals surface area (Å²) in [6, 6.07) is 12.5. The third-order valence-corrected chi connectivity index (χ3v) is 3.86. The molecule has 0 spiro atoms. The molecule has 0 fully saturated rings. The van der Waals surface area contributed by atoms with Crippen LogP contribution in [-0.4, -0.2) is 13.7 Å². The predicted molar refractivity (Wildman–Crippen MR) is 102 cm³/mol. The van der Waals surface area contributed by atoms with Gasteiger partial charge in [-0.3, -0.25) is 0 Å². The van der Waals surface area contributed by atoms with Crippen LogP contribution in [0.2, 0.25) is 0 Å². The zero-order valence-electron chi connectivity index (χ0n) is 14.9. The number of ether oxygens (including phenoxy) is 2. The van der Waals surface area contributed by atoms with Gasteiger partial charge in [-0.05, 0) is 36.7 Å². The molecule has 1 N–H and O–H groups in total. The van der Waals surface area contributed by atoms with Crippen molar-refractivity contribution in [2.75, 3.05) is 13.7 Å². The Morgan fingerprint density at radius 2 is 1.84 bits per heavy atom. The Kier molecular flexibility index (Phi) is 9.97. The standard InChI is InChI=1S/C20H26FNO2.ClH/c1-3-4-7-12-22-14-16-10-11-19(20(13-16)23-2)24-15-17-8-5-6-9-18(17)21;/h5-6,8-11,13,22H,3-4,7,12,14-15H2,1-2H3;1H. The topological polar surface area (TPSA) is 30.5 Å². The summed E-state index contributed by atoms with van der Waals surface area (Å²) in [5.74, 6) is 1.03. The van der Waals surface area contributed by atoms with Crippen molar-refractivity contribution in [3.05, 3.63) is 59.4 Å². The normalized spacial score (nSPS) is 10.2. The van der Waals surface area contributed by atoms with Gasteiger partial charge in [-0.2, -0.15) is 0 Å². The number of nitrogens with one attached hydrogen (secondary N) is 1. The van der Waals surface area contributed by atoms with E-state index in [1.165, 1.54) is 25.3 Å². The number of hydrogen-bond acceptors (Lipinski definition) is 3. The first-order valence-electron chi connectivity index (χ1n) is 8.48. The summed E-state index contributed by atoms with van der Waals surface area (Å²) in [5.41, 5.74) is 1.67. The summed E-state index contributed by atoms with van der Waals surface area (Å²) in [6.07, 6.45) is 3.67. The van der Waals surface area contributed by atoms with Gasteiger partial charge in [0.2, 0.25) is 0 Å². The molecular formula is C20H27ClFNO2. The molecule has 2 aromatic rings. The van der Waals surface area contributed by atoms with Crippen LogP contribution in [-0.2, 0) is 13.2 Å². The van der Waals surface area contributed by atoms with Gasteiger partial charge >= 0.3 is 0 Å². The van der Waals surface area contributed by atoms with Gasteiger partial charge in [0.1, 0.15) is 12.4 Å². The SMILES string of the molecule is CCCCCNCc1ccc(OCc2ccccc2F)c(OC)c1.Cl. The van der Waals surface area contributed by atoms with Gasteiger partial charge in [0.25, 0.3) is 0 Å². The molecule has 0 aromatic heterocycles. The predicted octanol–water partition coefficient (Wildman–Crippen LogP) is 5.11. The van der Waals surface area contributed by atoms with Gasteiger partial charge in [0.15, 0.2) is 11.5 Å². The van der Waals surface area contributed by atoms with Crippen molar-refractivity contribution in [2.45, 2.75) is 39.3 Å². The Morgan fingerprint density at radius 3 is 2.56 bits per heavy atom. The number of hydrogen-bond donors (Lipinski definition) is 1. The lowest BCUT2D eigenvalue weighted by atomic mass is 10.2. The van der Waals surface area contributed by atoms with Crippen molar-refractivity contribution in [2.24, 2.45) is 0 Å². The minimum Gasteiger partial charge on any atom is -0.493 e. The van der Waals surface area contributed by atoms with Crippen LogP contribution in [0.5, 0.6) is 11.5 Å². The van der Waals surface area contributed by atoms with E-state index in [9.17, 15) is 4.39 Å². The Morgan fingerprint density at radius 1 is 1.04 bits per heavy atom. The lowest BCUT2D eigenvalue weighted by molar-refractivity contribution is 0.279. The smallest absolute Gasteiger partial charge is 0.161 e. The first kappa shape index (κ1) is 21.3. The van der Waals surface area contributed by atoms with E-state index in [1.54, 1.807) is 25.3 Å². The summed E-state index contributed by atoms with van der Waals surface area (Å²) in [7, 11) is 1.61. The van der Waals surface area contributed by atoms with E-state index >= 15 is 0 Å². The van der Waals surface area contributed by atoms with Gasteiger partial charge in [0, 0.05) is 12.1 Å². The number of unbranched alkanes of at least 4 members (excludes halogenated alkanes) is 2. The van der Waals surface area contributed by atoms with Gasteiger partial charge in [-0.1, -0.05) is 44.0 Å². The van der Waals surface area contributed by atoms with Crippen molar-refractivity contribution >= 4 is 12.4 Å². The maximum atomic E-state index is 13.6. The molecule has 25 heavy (non-hydrogen) atoms. The summed E-state index contributed by atoms with van der Waals surface area (Å²) in [4.78, 5) is 0. The van der Waals surface area contributed by atoms with Crippen LogP contribution in [0.25, 0.3) is 0 Å². The van der Waals surface area contributed by atoms with E-state index in [0.717, 1.165) is 18.7 Å². The fourth-order valence-corrected chi connectivity index (χ4v) is 2.44. The summed E-state index contributed by atoms with van der Waals surface area (Å²) in [5, 5.41) is 3.43. The molecule has 2 rings (SSSR count). The van der Waals surface area contributed by atoms with Crippen molar-refractivity contribution in [1.82, 2.24) is 5.32 Å². The lowest BCUT2D eigenvalue weighted by Gasteiger charge is -2.13. The van der Waals surface area contributed by atoms with Crippen LogP contribution in [0.15, 0.2) is 42.5 Å². The molecule has 0 radical (unpaired) electrons. The highest BCUT2D eigenvalue weighted by atomic mass is 35.5. The zero-order chi connectivity index (χ0) is 17.2. The van der Waals surface area contributed by atoms with Crippen molar-refractivity contribution in [3.63, 3.8) is 0 Å². The fraction of sp³-hybridized carbons (Fsp3) is 0.400. The number of rotatable bonds is 10. The lowest BCUT2D eigenvalue weighted by Crippen LogP contribution is -2.14. The molecule has 138 valence electrons. The molecule has 0 aliphatic rings. The highest BCUT2D eigenvalue weighted by molar-refractivity contribution is 5.85. The average molecular weight is 368 g/mol. The summed E-state index contributed by atoms with van der Waals surface area (Å²) < 4.78 is 24.8. The second-order valence-electron chi connectivity index (χ2n) is 5.75. The molecule has 0 heterocycles. The van der Waals surface area contributed by atoms with Gasteiger partial charge in [0.05, 0.1) is 7.11 Å². The molecule has 3 nitrogen and oxygen atoms in total. The molecule has 0 aliphatic heterocycles. The Labute approximate surface area is 156 Å². The maximum Gasteiger partial charge on any atom is 0.161 e. The van der Waals surface area contributed by atoms with E-state index in [-0.39, 0.29) is 24.8 Å². The first-order valence-corrected chi connectivity index (χ1v) is 8.48. The average Bonchev–Trinajstić information content (AvgIpc) is 2.61. The summed E-state index contributed by atoms with van der Waals surface area (Å²) in [6.45, 7) is 4.19. The molecule has 5 heteroatoms. The first-order chi connectivity index (χ1) is 11.7. The molecule has 0 saturated heterocycles. The van der Waals surface area contributed by atoms with E-state index in [0.29, 0.717) is 17.1 Å². The van der Waals surface area contributed by atoms with Crippen LogP contribution in [0.1, 0.15) is 37.3 Å². The number of benzene rings is 2. The second-order valence-corrected chi connectivity index (χ2v) is 5.75. The Hall–Kier alpha value is -1.78. The van der Waals surface area contributed by atoms with Crippen molar-refractivity contribution < 1.29 is 13.9 Å². The van der Waals surface area contributed by atoms with Crippen molar-refractivity contribution in [1.29, 1.82) is 0 Å². The maximum absolute atomic E-state index is 13.6. The summed E-state index contributed by atoms with van der Waals surface area (Å²) >= 11 is 0. The molecule has 2 aromatic carbocycles. The van der Waals surface area contributed by atoms with Crippen molar-refractivity contribution in [3.8, 4) is 11.5 Å². The largest absolute Gasteiger partial charge is 0.493 e. The third kappa shape index (κ3) is 6.92. The molecule has 0 unspecified atom stereocenters. The fourth-order valence-electron chi connectivity index (χ4n) is 2.44. The highest BCUT2D eigenvalue weighted by Gasteiger charge is 2.08. The molecule has 0 bridgehead atoms. The quantitative estimate of drug-likeness (QED) is 0.591. The van der Waals surface area contributed by atoms with Crippen LogP contribution in [0.4, 0.5) is 4.39 Å². The molecule has 0 saturated carbocycles. The van der Waals surface area contributed by atoms with Crippen LogP contribution < -0.4 is 14.8 Å². The Balaban J connectivity index is 0.00000312. The van der Waals surface area contributed by atoms with Gasteiger partial charge in [-0.25, -0.2) is 4.39 Å². The number of halogens is 2. The molecular weight excluding hydrogens is 341 g/mol. The molecule has 0 amide bonds.